The van der Waals surface area contributed by atoms with Crippen molar-refractivity contribution in [2.45, 2.75) is 0 Å². The lowest BCUT2D eigenvalue weighted by Gasteiger charge is -2.11. The minimum absolute atomic E-state index is 0.535. The molecule has 0 aliphatic rings. The average molecular weight is 717 g/mol. The van der Waals surface area contributed by atoms with Gasteiger partial charge in [0, 0.05) is 49.0 Å². The molecule has 13 aromatic rings. The molecule has 0 saturated carbocycles. The summed E-state index contributed by atoms with van der Waals surface area (Å²) in [6.45, 7) is 0. The van der Waals surface area contributed by atoms with E-state index in [-0.39, 0.29) is 0 Å². The fourth-order valence-electron chi connectivity index (χ4n) is 9.12. The molecule has 0 fully saturated rings. The molecule has 8 aromatic carbocycles. The first-order chi connectivity index (χ1) is 27.8. The van der Waals surface area contributed by atoms with Crippen molar-refractivity contribution >= 4 is 98.4 Å². The van der Waals surface area contributed by atoms with Crippen LogP contribution in [0.2, 0.25) is 0 Å². The van der Waals surface area contributed by atoms with Gasteiger partial charge in [-0.15, -0.1) is 0 Å². The summed E-state index contributed by atoms with van der Waals surface area (Å²) in [6.07, 6.45) is 0. The number of rotatable bonds is 3. The van der Waals surface area contributed by atoms with Crippen LogP contribution in [0.25, 0.3) is 121 Å². The van der Waals surface area contributed by atoms with E-state index in [1.54, 1.807) is 0 Å². The summed E-state index contributed by atoms with van der Waals surface area (Å²) in [7, 11) is 0. The van der Waals surface area contributed by atoms with E-state index in [2.05, 4.69) is 161 Å². The number of nitrogens with zero attached hydrogens (tertiary/aromatic N) is 4. The molecule has 56 heavy (non-hydrogen) atoms. The molecule has 0 bridgehead atoms. The lowest BCUT2D eigenvalue weighted by molar-refractivity contribution is 0.651. The third-order valence-corrected chi connectivity index (χ3v) is 11.5. The summed E-state index contributed by atoms with van der Waals surface area (Å²) >= 11 is 0. The molecular weight excluding hydrogens is 689 g/mol. The Labute approximate surface area is 318 Å². The van der Waals surface area contributed by atoms with Crippen LogP contribution in [0, 0.1) is 0 Å². The van der Waals surface area contributed by atoms with Crippen molar-refractivity contribution in [3.63, 3.8) is 0 Å². The molecule has 5 aromatic heterocycles. The zero-order valence-electron chi connectivity index (χ0n) is 29.8. The summed E-state index contributed by atoms with van der Waals surface area (Å²) in [4.78, 5) is 10.7. The summed E-state index contributed by atoms with van der Waals surface area (Å²) in [6, 6.07) is 59.6. The molecular formula is C50H28N4O2. The molecule has 0 aliphatic heterocycles. The van der Waals surface area contributed by atoms with Crippen molar-refractivity contribution in [1.29, 1.82) is 0 Å². The van der Waals surface area contributed by atoms with Crippen LogP contribution in [-0.4, -0.2) is 19.1 Å². The van der Waals surface area contributed by atoms with Crippen LogP contribution in [0.5, 0.6) is 0 Å². The lowest BCUT2D eigenvalue weighted by Crippen LogP contribution is -2.03. The van der Waals surface area contributed by atoms with Gasteiger partial charge in [-0.2, -0.15) is 4.98 Å². The second-order valence-corrected chi connectivity index (χ2v) is 14.6. The Hall–Kier alpha value is -7.70. The zero-order valence-corrected chi connectivity index (χ0v) is 29.8. The number of hydrogen-bond donors (Lipinski definition) is 0. The second kappa shape index (κ2) is 10.9. The van der Waals surface area contributed by atoms with Gasteiger partial charge in [-0.25, -0.2) is 4.98 Å². The summed E-state index contributed by atoms with van der Waals surface area (Å²) in [5, 5.41) is 11.1. The van der Waals surface area contributed by atoms with Gasteiger partial charge in [0.1, 0.15) is 16.7 Å². The highest BCUT2D eigenvalue weighted by atomic mass is 16.3. The number of aromatic nitrogens is 4. The van der Waals surface area contributed by atoms with E-state index in [1.165, 1.54) is 21.5 Å². The van der Waals surface area contributed by atoms with Crippen molar-refractivity contribution in [3.05, 3.63) is 170 Å². The van der Waals surface area contributed by atoms with E-state index in [0.717, 1.165) is 88.1 Å². The van der Waals surface area contributed by atoms with Gasteiger partial charge >= 0.3 is 0 Å². The molecule has 0 radical (unpaired) electrons. The number of benzene rings is 8. The maximum absolute atomic E-state index is 6.56. The molecule has 260 valence electrons. The fraction of sp³-hybridized carbons (Fsp3) is 0. The highest BCUT2D eigenvalue weighted by Crippen LogP contribution is 2.42. The third-order valence-electron chi connectivity index (χ3n) is 11.5. The van der Waals surface area contributed by atoms with Gasteiger partial charge in [0.2, 0.25) is 11.7 Å². The topological polar surface area (TPSA) is 61.9 Å². The van der Waals surface area contributed by atoms with Crippen LogP contribution in [0.1, 0.15) is 0 Å². The summed E-state index contributed by atoms with van der Waals surface area (Å²) < 4.78 is 17.7. The minimum Gasteiger partial charge on any atom is -0.456 e. The van der Waals surface area contributed by atoms with E-state index < -0.39 is 0 Å². The third kappa shape index (κ3) is 3.99. The first-order valence-electron chi connectivity index (χ1n) is 18.8. The van der Waals surface area contributed by atoms with Crippen LogP contribution < -0.4 is 0 Å². The molecule has 0 atom stereocenters. The predicted octanol–water partition coefficient (Wildman–Crippen LogP) is 13.3. The lowest BCUT2D eigenvalue weighted by atomic mass is 10.0. The summed E-state index contributed by atoms with van der Waals surface area (Å²) in [5.74, 6) is 0.537. The average Bonchev–Trinajstić information content (AvgIpc) is 4.00. The molecule has 0 aliphatic carbocycles. The van der Waals surface area contributed by atoms with Crippen molar-refractivity contribution < 1.29 is 8.83 Å². The Morgan fingerprint density at radius 2 is 1.04 bits per heavy atom. The van der Waals surface area contributed by atoms with E-state index in [0.29, 0.717) is 11.7 Å². The summed E-state index contributed by atoms with van der Waals surface area (Å²) in [5.41, 5.74) is 10.1. The van der Waals surface area contributed by atoms with Gasteiger partial charge < -0.3 is 13.4 Å². The number of fused-ring (bicyclic) bond motifs is 14. The van der Waals surface area contributed by atoms with Crippen molar-refractivity contribution in [3.8, 4) is 22.9 Å². The standard InChI is InChI=1S/C50H28N4O2/c1-2-13-31(14-3-1)53-39-19-9-6-16-33(39)37-27-38-34-17-7-10-20-40(34)54(42(38)28-41(37)53)50-51-48(47-35-18-8-11-21-43(35)56-49(47)52-50)30-22-24-36-45(26-30)55-44-25-23-29-12-4-5-15-32(29)46(36)44/h1-28H. The van der Waals surface area contributed by atoms with E-state index >= 15 is 0 Å². The van der Waals surface area contributed by atoms with E-state index in [9.17, 15) is 0 Å². The monoisotopic (exact) mass is 716 g/mol. The Kier molecular flexibility index (Phi) is 5.80. The Morgan fingerprint density at radius 1 is 0.375 bits per heavy atom. The van der Waals surface area contributed by atoms with Gasteiger partial charge in [-0.3, -0.25) is 4.57 Å². The van der Waals surface area contributed by atoms with E-state index in [1.807, 2.05) is 18.2 Å². The number of para-hydroxylation sites is 4. The minimum atomic E-state index is 0.535. The molecule has 13 rings (SSSR count). The molecule has 0 unspecified atom stereocenters. The van der Waals surface area contributed by atoms with Gasteiger partial charge in [-0.1, -0.05) is 109 Å². The predicted molar refractivity (Wildman–Crippen MR) is 228 cm³/mol. The first-order valence-corrected chi connectivity index (χ1v) is 18.8. The van der Waals surface area contributed by atoms with Crippen LogP contribution in [0.3, 0.4) is 0 Å². The van der Waals surface area contributed by atoms with Crippen molar-refractivity contribution in [2.75, 3.05) is 0 Å². The van der Waals surface area contributed by atoms with Gasteiger partial charge in [0.15, 0.2) is 0 Å². The van der Waals surface area contributed by atoms with Crippen molar-refractivity contribution in [1.82, 2.24) is 19.1 Å². The maximum Gasteiger partial charge on any atom is 0.238 e. The fourth-order valence-corrected chi connectivity index (χ4v) is 9.12. The second-order valence-electron chi connectivity index (χ2n) is 14.6. The zero-order chi connectivity index (χ0) is 36.5. The largest absolute Gasteiger partial charge is 0.456 e. The van der Waals surface area contributed by atoms with E-state index in [4.69, 9.17) is 18.8 Å². The smallest absolute Gasteiger partial charge is 0.238 e. The Balaban J connectivity index is 1.13. The molecule has 5 heterocycles. The van der Waals surface area contributed by atoms with Crippen LogP contribution in [-0.2, 0) is 0 Å². The molecule has 0 spiro atoms. The first kappa shape index (κ1) is 29.7. The SMILES string of the molecule is c1ccc(-n2c3ccccc3c3cc4c5ccccc5n(-c5nc(-c6ccc7c(c6)oc6ccc8ccccc8c67)c6c(n5)oc5ccccc56)c4cc32)cc1. The molecule has 0 amide bonds. The van der Waals surface area contributed by atoms with Gasteiger partial charge in [0.05, 0.1) is 33.1 Å². The van der Waals surface area contributed by atoms with Crippen LogP contribution in [0.15, 0.2) is 179 Å². The normalized spacial score (nSPS) is 12.3. The quantitative estimate of drug-likeness (QED) is 0.183. The highest BCUT2D eigenvalue weighted by molar-refractivity contribution is 6.21. The van der Waals surface area contributed by atoms with Crippen LogP contribution in [0.4, 0.5) is 0 Å². The molecule has 0 N–H and O–H groups in total. The Bertz CT molecular complexity index is 3770. The Morgan fingerprint density at radius 3 is 1.86 bits per heavy atom. The molecule has 6 heteroatoms. The molecule has 0 saturated heterocycles. The van der Waals surface area contributed by atoms with Crippen molar-refractivity contribution in [2.24, 2.45) is 0 Å². The number of furan rings is 2. The van der Waals surface area contributed by atoms with Crippen LogP contribution >= 0.6 is 0 Å². The maximum atomic E-state index is 6.56. The van der Waals surface area contributed by atoms with Gasteiger partial charge in [-0.05, 0) is 71.4 Å². The highest BCUT2D eigenvalue weighted by Gasteiger charge is 2.23. The van der Waals surface area contributed by atoms with Gasteiger partial charge in [0.25, 0.3) is 0 Å². The molecule has 6 nitrogen and oxygen atoms in total. The number of hydrogen-bond acceptors (Lipinski definition) is 4.